The van der Waals surface area contributed by atoms with E-state index in [1.165, 1.54) is 3.72 Å². The molecule has 1 aromatic carbocycles. The molecule has 3 N–H and O–H groups in total. The van der Waals surface area contributed by atoms with Crippen LogP contribution in [0, 0.1) is 5.92 Å². The predicted molar refractivity (Wildman–Crippen MR) is 138 cm³/mol. The van der Waals surface area contributed by atoms with Gasteiger partial charge in [0.25, 0.3) is 0 Å². The first kappa shape index (κ1) is 19.9. The number of amides is 1. The van der Waals surface area contributed by atoms with Crippen LogP contribution in [0.15, 0.2) is 65.1 Å². The summed E-state index contributed by atoms with van der Waals surface area (Å²) in [5.74, 6) is 1.12. The monoisotopic (exact) mass is 556 g/mol. The summed E-state index contributed by atoms with van der Waals surface area (Å²) in [7, 11) is 0. The molecule has 1 saturated heterocycles. The van der Waals surface area contributed by atoms with Gasteiger partial charge in [-0.15, -0.1) is 0 Å². The maximum atomic E-state index is 12.7. The van der Waals surface area contributed by atoms with Crippen molar-refractivity contribution in [2.75, 3.05) is 13.1 Å². The van der Waals surface area contributed by atoms with Crippen LogP contribution < -0.4 is 5.73 Å². The number of hydrogen-bond donors (Lipinski definition) is 2. The summed E-state index contributed by atoms with van der Waals surface area (Å²) >= 11 is -0.291. The molecular weight excluding hydrogens is 535 g/mol. The molecule has 7 nitrogen and oxygen atoms in total. The van der Waals surface area contributed by atoms with Crippen molar-refractivity contribution in [2.24, 2.45) is 21.6 Å². The van der Waals surface area contributed by atoms with Crippen LogP contribution in [0.25, 0.3) is 16.6 Å². The Bertz CT molecular complexity index is 1330. The number of nitrogens with one attached hydrogen (secondary N) is 1. The van der Waals surface area contributed by atoms with E-state index in [4.69, 9.17) is 10.7 Å². The van der Waals surface area contributed by atoms with Crippen molar-refractivity contribution in [1.82, 2.24) is 15.1 Å². The number of fused-ring (bicyclic) bond motifs is 2. The molecule has 0 radical (unpaired) electrons. The summed E-state index contributed by atoms with van der Waals surface area (Å²) in [5.41, 5.74) is 10.2. The normalized spacial score (nSPS) is 20.0. The standard InChI is InChI=1S/C23H21IN6OS/c25-22-19-20(15-1-2-16-12-27-29-18(16)11-15)28-21(24(19)6-7-26-22)14-3-8-30(9-4-14)23(31)17-5-10-32-13-17/h1-2,5-7,10-14H,3-4,8-9H2,(H2,25,26)(H,27,29). The molecule has 0 atom stereocenters. The zero-order valence-electron chi connectivity index (χ0n) is 17.2. The topological polar surface area (TPSA) is 99.7 Å². The van der Waals surface area contributed by atoms with Gasteiger partial charge in [-0.1, -0.05) is 0 Å². The molecule has 0 unspecified atom stereocenters. The number of hydrogen-bond acceptors (Lipinski definition) is 6. The Hall–Kier alpha value is -2.79. The van der Waals surface area contributed by atoms with Crippen molar-refractivity contribution in [3.63, 3.8) is 0 Å². The number of aromatic amines is 1. The summed E-state index contributed by atoms with van der Waals surface area (Å²) in [6.07, 6.45) is 5.56. The Morgan fingerprint density at radius 3 is 2.94 bits per heavy atom. The summed E-state index contributed by atoms with van der Waals surface area (Å²) in [4.78, 5) is 24.3. The number of aliphatic imine (C=N–C) groups is 2. The van der Waals surface area contributed by atoms with E-state index in [0.29, 0.717) is 11.8 Å². The number of carbonyl (C=O) groups is 1. The van der Waals surface area contributed by atoms with E-state index in [9.17, 15) is 4.79 Å². The number of piperidine rings is 1. The second-order valence-corrected chi connectivity index (χ2v) is 13.4. The van der Waals surface area contributed by atoms with Crippen LogP contribution in [-0.2, 0) is 0 Å². The van der Waals surface area contributed by atoms with Gasteiger partial charge in [0, 0.05) is 0 Å². The molecule has 0 saturated carbocycles. The van der Waals surface area contributed by atoms with E-state index in [2.05, 4.69) is 37.5 Å². The Labute approximate surface area is 196 Å². The van der Waals surface area contributed by atoms with Gasteiger partial charge in [-0.25, -0.2) is 0 Å². The van der Waals surface area contributed by atoms with Crippen LogP contribution in [0.2, 0.25) is 0 Å². The molecule has 2 aromatic heterocycles. The molecule has 1 fully saturated rings. The van der Waals surface area contributed by atoms with Crippen LogP contribution in [-0.4, -0.2) is 43.6 Å². The second-order valence-electron chi connectivity index (χ2n) is 7.95. The third-order valence-electron chi connectivity index (χ3n) is 6.06. The van der Waals surface area contributed by atoms with Gasteiger partial charge < -0.3 is 0 Å². The van der Waals surface area contributed by atoms with E-state index >= 15 is 0 Å². The number of benzene rings is 1. The first-order chi connectivity index (χ1) is 15.7. The van der Waals surface area contributed by atoms with Crippen molar-refractivity contribution in [1.29, 1.82) is 0 Å². The Balaban J connectivity index is 1.29. The van der Waals surface area contributed by atoms with Crippen LogP contribution in [0.4, 0.5) is 0 Å². The average Bonchev–Trinajstić information content (AvgIpc) is 3.58. The molecule has 0 bridgehead atoms. The van der Waals surface area contributed by atoms with Crippen molar-refractivity contribution in [3.8, 4) is 0 Å². The molecule has 0 aliphatic carbocycles. The number of amidine groups is 1. The summed E-state index contributed by atoms with van der Waals surface area (Å²) in [5, 5.41) is 12.1. The second kappa shape index (κ2) is 7.96. The van der Waals surface area contributed by atoms with Crippen LogP contribution in [0.5, 0.6) is 0 Å². The molecule has 3 aromatic rings. The van der Waals surface area contributed by atoms with Gasteiger partial charge in [-0.3, -0.25) is 0 Å². The summed E-state index contributed by atoms with van der Waals surface area (Å²) in [6.45, 7) is 1.53. The number of nitrogens with two attached hydrogens (primary N) is 1. The Kier molecular flexibility index (Phi) is 4.94. The molecule has 3 aliphatic rings. The van der Waals surface area contributed by atoms with E-state index < -0.39 is 19.8 Å². The summed E-state index contributed by atoms with van der Waals surface area (Å²) in [6, 6.07) is 8.16. The van der Waals surface area contributed by atoms with E-state index in [1.54, 1.807) is 11.3 Å². The first-order valence-electron chi connectivity index (χ1n) is 10.5. The van der Waals surface area contributed by atoms with Crippen molar-refractivity contribution in [2.45, 2.75) is 12.8 Å². The van der Waals surface area contributed by atoms with Gasteiger partial charge in [0.15, 0.2) is 0 Å². The van der Waals surface area contributed by atoms with Crippen molar-refractivity contribution >= 4 is 63.2 Å². The number of likely N-dealkylation sites (tertiary alicyclic amines) is 1. The fourth-order valence-electron chi connectivity index (χ4n) is 4.39. The number of aromatic nitrogens is 2. The quantitative estimate of drug-likeness (QED) is 0.461. The molecular formula is C23H21IN6OS. The predicted octanol–water partition coefficient (Wildman–Crippen LogP) is 4.61. The van der Waals surface area contributed by atoms with Gasteiger partial charge in [0.05, 0.1) is 0 Å². The van der Waals surface area contributed by atoms with Crippen molar-refractivity contribution in [3.05, 3.63) is 66.2 Å². The van der Waals surface area contributed by atoms with E-state index in [0.717, 1.165) is 57.2 Å². The molecule has 5 heterocycles. The number of thiophene rings is 1. The number of H-pyrrole nitrogens is 1. The molecule has 0 spiro atoms. The van der Waals surface area contributed by atoms with Gasteiger partial charge in [0.2, 0.25) is 0 Å². The van der Waals surface area contributed by atoms with Crippen LogP contribution >= 0.6 is 31.2 Å². The van der Waals surface area contributed by atoms with Crippen LogP contribution in [0.3, 0.4) is 0 Å². The number of halogens is 1. The Morgan fingerprint density at radius 2 is 2.12 bits per heavy atom. The van der Waals surface area contributed by atoms with Crippen LogP contribution in [0.1, 0.15) is 28.8 Å². The summed E-state index contributed by atoms with van der Waals surface area (Å²) < 4.78 is 4.68. The zero-order valence-corrected chi connectivity index (χ0v) is 20.1. The number of carbonyl (C=O) groups excluding carboxylic acids is 1. The van der Waals surface area contributed by atoms with Gasteiger partial charge in [0.1, 0.15) is 0 Å². The zero-order chi connectivity index (χ0) is 21.7. The molecule has 3 aliphatic heterocycles. The average molecular weight is 556 g/mol. The minimum absolute atomic E-state index is 0.137. The van der Waals surface area contributed by atoms with Gasteiger partial charge >= 0.3 is 197 Å². The molecule has 9 heteroatoms. The SMILES string of the molecule is NC1=NC=CI2C(C3CCN(C(=O)c4ccsc4)CC3)=NC(c3ccc4cn[nH]c4c3)=C12. The molecule has 6 rings (SSSR count). The first-order valence-corrected chi connectivity index (χ1v) is 14.8. The maximum absolute atomic E-state index is 12.7. The number of nitrogens with zero attached hydrogens (tertiary/aromatic N) is 4. The third kappa shape index (κ3) is 3.30. The minimum atomic E-state index is -1.85. The Morgan fingerprint density at radius 1 is 1.25 bits per heavy atom. The van der Waals surface area contributed by atoms with Gasteiger partial charge in [-0.05, 0) is 0 Å². The van der Waals surface area contributed by atoms with E-state index in [1.807, 2.05) is 34.1 Å². The van der Waals surface area contributed by atoms with Crippen molar-refractivity contribution < 1.29 is 4.79 Å². The molecule has 32 heavy (non-hydrogen) atoms. The fraction of sp³-hybridized carbons (Fsp3) is 0.217. The van der Waals surface area contributed by atoms with E-state index in [-0.39, 0.29) is 5.91 Å². The van der Waals surface area contributed by atoms with Gasteiger partial charge in [-0.2, -0.15) is 0 Å². The molecule has 162 valence electrons. The fourth-order valence-corrected chi connectivity index (χ4v) is 10.6. The number of rotatable bonds is 3. The third-order valence-corrected chi connectivity index (χ3v) is 12.3. The molecule has 1 amide bonds.